The Hall–Kier alpha value is -2.34. The van der Waals surface area contributed by atoms with E-state index < -0.39 is 0 Å². The molecule has 6 nitrogen and oxygen atoms in total. The van der Waals surface area contributed by atoms with Crippen molar-refractivity contribution < 1.29 is 14.3 Å². The van der Waals surface area contributed by atoms with Gasteiger partial charge in [0.1, 0.15) is 5.75 Å². The number of carbonyl (C=O) groups excluding carboxylic acids is 1. The Morgan fingerprint density at radius 3 is 2.67 bits per heavy atom. The van der Waals surface area contributed by atoms with E-state index in [1.54, 1.807) is 7.11 Å². The Labute approximate surface area is 160 Å². The Balaban J connectivity index is 1.62. The Kier molecular flexibility index (Phi) is 5.16. The first-order valence-corrected chi connectivity index (χ1v) is 9.82. The van der Waals surface area contributed by atoms with Gasteiger partial charge >= 0.3 is 5.97 Å². The van der Waals surface area contributed by atoms with E-state index in [9.17, 15) is 4.79 Å². The average molecular weight is 369 g/mol. The summed E-state index contributed by atoms with van der Waals surface area (Å²) in [6.07, 6.45) is 4.78. The van der Waals surface area contributed by atoms with Crippen molar-refractivity contribution in [1.29, 1.82) is 0 Å². The fraction of sp³-hybridized carbons (Fsp3) is 0.524. The number of rotatable bonds is 6. The SMILES string of the molecule is CCOC(=O)c1nn(Cc2ccc(OC)cc2)c2c1CN(C1CCC1)CC2. The summed E-state index contributed by atoms with van der Waals surface area (Å²) in [7, 11) is 1.67. The summed E-state index contributed by atoms with van der Waals surface area (Å²) in [5.41, 5.74) is 3.85. The summed E-state index contributed by atoms with van der Waals surface area (Å²) in [6.45, 7) is 4.69. The number of hydrogen-bond acceptors (Lipinski definition) is 5. The maximum atomic E-state index is 12.5. The molecule has 6 heteroatoms. The first-order valence-electron chi connectivity index (χ1n) is 9.82. The predicted molar refractivity (Wildman–Crippen MR) is 102 cm³/mol. The molecule has 0 N–H and O–H groups in total. The van der Waals surface area contributed by atoms with Crippen molar-refractivity contribution in [2.24, 2.45) is 0 Å². The molecule has 0 atom stereocenters. The molecule has 27 heavy (non-hydrogen) atoms. The molecule has 2 aliphatic rings. The van der Waals surface area contributed by atoms with Gasteiger partial charge in [-0.2, -0.15) is 5.10 Å². The summed E-state index contributed by atoms with van der Waals surface area (Å²) < 4.78 is 12.5. The highest BCUT2D eigenvalue weighted by molar-refractivity contribution is 5.89. The fourth-order valence-electron chi connectivity index (χ4n) is 3.97. The third-order valence-electron chi connectivity index (χ3n) is 5.71. The molecule has 1 aliphatic carbocycles. The Morgan fingerprint density at radius 2 is 2.04 bits per heavy atom. The predicted octanol–water partition coefficient (Wildman–Crippen LogP) is 3.03. The topological polar surface area (TPSA) is 56.6 Å². The molecular formula is C21H27N3O3. The maximum absolute atomic E-state index is 12.5. The van der Waals surface area contributed by atoms with Gasteiger partial charge in [-0.3, -0.25) is 9.58 Å². The van der Waals surface area contributed by atoms with E-state index in [4.69, 9.17) is 9.47 Å². The molecule has 0 amide bonds. The number of fused-ring (bicyclic) bond motifs is 1. The largest absolute Gasteiger partial charge is 0.497 e. The monoisotopic (exact) mass is 369 g/mol. The highest BCUT2D eigenvalue weighted by Gasteiger charge is 2.33. The third kappa shape index (κ3) is 3.58. The second kappa shape index (κ2) is 7.72. The van der Waals surface area contributed by atoms with Crippen LogP contribution in [0.5, 0.6) is 5.75 Å². The zero-order valence-corrected chi connectivity index (χ0v) is 16.1. The molecule has 2 aromatic rings. The highest BCUT2D eigenvalue weighted by Crippen LogP contribution is 2.31. The molecule has 0 bridgehead atoms. The number of carbonyl (C=O) groups is 1. The van der Waals surface area contributed by atoms with Gasteiger partial charge in [-0.15, -0.1) is 0 Å². The fourth-order valence-corrected chi connectivity index (χ4v) is 3.97. The van der Waals surface area contributed by atoms with Crippen LogP contribution in [0.4, 0.5) is 0 Å². The highest BCUT2D eigenvalue weighted by atomic mass is 16.5. The average Bonchev–Trinajstić information content (AvgIpc) is 2.99. The summed E-state index contributed by atoms with van der Waals surface area (Å²) >= 11 is 0. The smallest absolute Gasteiger partial charge is 0.359 e. The van der Waals surface area contributed by atoms with Gasteiger partial charge in [0, 0.05) is 36.8 Å². The van der Waals surface area contributed by atoms with Gasteiger partial charge in [-0.05, 0) is 37.5 Å². The van der Waals surface area contributed by atoms with Crippen LogP contribution in [0.3, 0.4) is 0 Å². The lowest BCUT2D eigenvalue weighted by molar-refractivity contribution is 0.0513. The number of hydrogen-bond donors (Lipinski definition) is 0. The van der Waals surface area contributed by atoms with Crippen molar-refractivity contribution in [2.45, 2.75) is 51.7 Å². The van der Waals surface area contributed by atoms with Crippen molar-refractivity contribution in [1.82, 2.24) is 14.7 Å². The Morgan fingerprint density at radius 1 is 1.26 bits per heavy atom. The maximum Gasteiger partial charge on any atom is 0.359 e. The minimum absolute atomic E-state index is 0.308. The Bertz CT molecular complexity index is 809. The molecule has 0 unspecified atom stereocenters. The minimum Gasteiger partial charge on any atom is -0.497 e. The normalized spacial score (nSPS) is 17.3. The van der Waals surface area contributed by atoms with Gasteiger partial charge < -0.3 is 9.47 Å². The van der Waals surface area contributed by atoms with Crippen molar-refractivity contribution in [3.05, 3.63) is 46.8 Å². The molecule has 0 spiro atoms. The molecule has 1 aliphatic heterocycles. The molecule has 4 rings (SSSR count). The molecule has 1 fully saturated rings. The molecule has 1 saturated carbocycles. The van der Waals surface area contributed by atoms with Gasteiger partial charge in [0.25, 0.3) is 0 Å². The molecule has 144 valence electrons. The van der Waals surface area contributed by atoms with Crippen molar-refractivity contribution in [3.63, 3.8) is 0 Å². The van der Waals surface area contributed by atoms with Gasteiger partial charge in [-0.1, -0.05) is 18.6 Å². The summed E-state index contributed by atoms with van der Waals surface area (Å²) in [5.74, 6) is 0.530. The quantitative estimate of drug-likeness (QED) is 0.733. The van der Waals surface area contributed by atoms with Crippen LogP contribution >= 0.6 is 0 Å². The third-order valence-corrected chi connectivity index (χ3v) is 5.71. The summed E-state index contributed by atoms with van der Waals surface area (Å²) in [5, 5.41) is 4.67. The van der Waals surface area contributed by atoms with Gasteiger partial charge in [0.2, 0.25) is 0 Å². The summed E-state index contributed by atoms with van der Waals surface area (Å²) in [4.78, 5) is 15.0. The molecular weight excluding hydrogens is 342 g/mol. The molecule has 1 aromatic carbocycles. The molecule has 1 aromatic heterocycles. The zero-order chi connectivity index (χ0) is 18.8. The zero-order valence-electron chi connectivity index (χ0n) is 16.1. The lowest BCUT2D eigenvalue weighted by Gasteiger charge is -2.39. The van der Waals surface area contributed by atoms with Crippen molar-refractivity contribution in [2.75, 3.05) is 20.3 Å². The van der Waals surface area contributed by atoms with E-state index in [1.807, 2.05) is 35.9 Å². The van der Waals surface area contributed by atoms with E-state index in [2.05, 4.69) is 10.00 Å². The van der Waals surface area contributed by atoms with Crippen LogP contribution in [0.2, 0.25) is 0 Å². The van der Waals surface area contributed by atoms with Crippen LogP contribution in [0.25, 0.3) is 0 Å². The van der Waals surface area contributed by atoms with Crippen LogP contribution in [-0.4, -0.2) is 47.0 Å². The van der Waals surface area contributed by atoms with Gasteiger partial charge in [-0.25, -0.2) is 4.79 Å². The van der Waals surface area contributed by atoms with E-state index in [0.29, 0.717) is 24.9 Å². The van der Waals surface area contributed by atoms with Crippen LogP contribution in [0.1, 0.15) is 53.5 Å². The number of ether oxygens (including phenoxy) is 2. The molecule has 0 saturated heterocycles. The lowest BCUT2D eigenvalue weighted by atomic mass is 9.89. The van der Waals surface area contributed by atoms with E-state index in [-0.39, 0.29) is 5.97 Å². The van der Waals surface area contributed by atoms with E-state index in [1.165, 1.54) is 25.0 Å². The number of esters is 1. The van der Waals surface area contributed by atoms with Crippen molar-refractivity contribution >= 4 is 5.97 Å². The number of aromatic nitrogens is 2. The lowest BCUT2D eigenvalue weighted by Crippen LogP contribution is -2.43. The van der Waals surface area contributed by atoms with Gasteiger partial charge in [0.05, 0.1) is 20.3 Å². The van der Waals surface area contributed by atoms with E-state index >= 15 is 0 Å². The van der Waals surface area contributed by atoms with Crippen LogP contribution in [0.15, 0.2) is 24.3 Å². The van der Waals surface area contributed by atoms with Crippen LogP contribution in [0, 0.1) is 0 Å². The van der Waals surface area contributed by atoms with Crippen LogP contribution < -0.4 is 4.74 Å². The molecule has 0 radical (unpaired) electrons. The molecule has 2 heterocycles. The second-order valence-electron chi connectivity index (χ2n) is 7.31. The minimum atomic E-state index is -0.308. The number of nitrogens with zero attached hydrogens (tertiary/aromatic N) is 3. The number of benzene rings is 1. The number of methoxy groups -OCH3 is 1. The van der Waals surface area contributed by atoms with Crippen molar-refractivity contribution in [3.8, 4) is 5.75 Å². The van der Waals surface area contributed by atoms with E-state index in [0.717, 1.165) is 36.4 Å². The van der Waals surface area contributed by atoms with Gasteiger partial charge in [0.15, 0.2) is 5.69 Å². The first kappa shape index (κ1) is 18.0. The standard InChI is InChI=1S/C21H27N3O3/c1-3-27-21(25)20-18-14-23(16-5-4-6-16)12-11-19(18)24(22-20)13-15-7-9-17(26-2)10-8-15/h7-10,16H,3-6,11-14H2,1-2H3. The summed E-state index contributed by atoms with van der Waals surface area (Å²) in [6, 6.07) is 8.66. The second-order valence-corrected chi connectivity index (χ2v) is 7.31. The van der Waals surface area contributed by atoms with Crippen LogP contribution in [-0.2, 0) is 24.2 Å². The first-order chi connectivity index (χ1) is 13.2.